The summed E-state index contributed by atoms with van der Waals surface area (Å²) in [6.07, 6.45) is 2.69. The molecule has 2 N–H and O–H groups in total. The van der Waals surface area contributed by atoms with Gasteiger partial charge < -0.3 is 25.0 Å². The van der Waals surface area contributed by atoms with E-state index < -0.39 is 17.8 Å². The maximum atomic E-state index is 12.8. The summed E-state index contributed by atoms with van der Waals surface area (Å²) in [6, 6.07) is 0. The lowest BCUT2D eigenvalue weighted by atomic mass is 9.96. The molecule has 3 atom stereocenters. The highest BCUT2D eigenvalue weighted by atomic mass is 16.6. The van der Waals surface area contributed by atoms with Crippen molar-refractivity contribution in [2.75, 3.05) is 26.2 Å². The van der Waals surface area contributed by atoms with Crippen LogP contribution in [0.5, 0.6) is 0 Å². The third-order valence-electron chi connectivity index (χ3n) is 4.91. The number of carbonyl (C=O) groups excluding carboxylic acids is 3. The van der Waals surface area contributed by atoms with Gasteiger partial charge in [-0.1, -0.05) is 6.92 Å². The highest BCUT2D eigenvalue weighted by Crippen LogP contribution is 2.24. The Morgan fingerprint density at radius 2 is 1.89 bits per heavy atom. The Morgan fingerprint density at radius 1 is 1.14 bits per heavy atom. The summed E-state index contributed by atoms with van der Waals surface area (Å²) in [5, 5.41) is 5.62. The number of rotatable bonds is 6. The zero-order valence-corrected chi connectivity index (χ0v) is 17.6. The minimum Gasteiger partial charge on any atom is -0.444 e. The fourth-order valence-corrected chi connectivity index (χ4v) is 3.54. The Balaban J connectivity index is 1.77. The van der Waals surface area contributed by atoms with Crippen LogP contribution in [-0.4, -0.2) is 66.8 Å². The second kappa shape index (κ2) is 10.1. The molecule has 2 saturated heterocycles. The molecule has 160 valence electrons. The Kier molecular flexibility index (Phi) is 8.10. The second-order valence-corrected chi connectivity index (χ2v) is 8.62. The Hall–Kier alpha value is -1.83. The first kappa shape index (κ1) is 22.5. The standard InChI is InChI=1S/C20H35N3O5/c1-5-10-21-17(24)14-7-6-11-23(13-14)18(25)16-9-8-15(27-16)12-22-19(26)28-20(2,3)4/h14-16H,5-13H2,1-4H3,(H,21,24)(H,22,26). The number of nitrogens with zero attached hydrogens (tertiary/aromatic N) is 1. The fourth-order valence-electron chi connectivity index (χ4n) is 3.54. The largest absolute Gasteiger partial charge is 0.444 e. The SMILES string of the molecule is CCCNC(=O)C1CCCN(C(=O)C2CCC(CNC(=O)OC(C)(C)C)O2)C1. The van der Waals surface area contributed by atoms with E-state index in [1.54, 1.807) is 4.90 Å². The van der Waals surface area contributed by atoms with E-state index in [4.69, 9.17) is 9.47 Å². The summed E-state index contributed by atoms with van der Waals surface area (Å²) in [5.41, 5.74) is -0.548. The van der Waals surface area contributed by atoms with Gasteiger partial charge in [0.05, 0.1) is 12.0 Å². The first-order valence-corrected chi connectivity index (χ1v) is 10.4. The van der Waals surface area contributed by atoms with Crippen molar-refractivity contribution in [1.82, 2.24) is 15.5 Å². The van der Waals surface area contributed by atoms with Crippen molar-refractivity contribution in [3.8, 4) is 0 Å². The van der Waals surface area contributed by atoms with Gasteiger partial charge >= 0.3 is 6.09 Å². The molecule has 0 saturated carbocycles. The van der Waals surface area contributed by atoms with Crippen molar-refractivity contribution in [1.29, 1.82) is 0 Å². The van der Waals surface area contributed by atoms with Crippen LogP contribution in [0.15, 0.2) is 0 Å². The first-order valence-electron chi connectivity index (χ1n) is 10.4. The number of amides is 3. The third kappa shape index (κ3) is 6.96. The molecule has 3 amide bonds. The summed E-state index contributed by atoms with van der Waals surface area (Å²) in [6.45, 7) is 9.54. The lowest BCUT2D eigenvalue weighted by Crippen LogP contribution is -2.48. The van der Waals surface area contributed by atoms with Crippen LogP contribution in [0.4, 0.5) is 4.79 Å². The third-order valence-corrected chi connectivity index (χ3v) is 4.91. The molecule has 2 rings (SSSR count). The Morgan fingerprint density at radius 3 is 2.57 bits per heavy atom. The van der Waals surface area contributed by atoms with Gasteiger partial charge in [0, 0.05) is 26.2 Å². The molecule has 0 spiro atoms. The van der Waals surface area contributed by atoms with Gasteiger partial charge in [-0.15, -0.1) is 0 Å². The van der Waals surface area contributed by atoms with Crippen molar-refractivity contribution in [3.63, 3.8) is 0 Å². The number of piperidine rings is 1. The molecule has 0 aliphatic carbocycles. The highest BCUT2D eigenvalue weighted by Gasteiger charge is 2.36. The van der Waals surface area contributed by atoms with Crippen LogP contribution in [0.2, 0.25) is 0 Å². The second-order valence-electron chi connectivity index (χ2n) is 8.62. The fraction of sp³-hybridized carbons (Fsp3) is 0.850. The molecule has 3 unspecified atom stereocenters. The van der Waals surface area contributed by atoms with Gasteiger partial charge in [-0.25, -0.2) is 4.79 Å². The van der Waals surface area contributed by atoms with Gasteiger partial charge in [-0.3, -0.25) is 9.59 Å². The molecule has 28 heavy (non-hydrogen) atoms. The van der Waals surface area contributed by atoms with Crippen LogP contribution >= 0.6 is 0 Å². The molecule has 2 fully saturated rings. The molecule has 0 bridgehead atoms. The van der Waals surface area contributed by atoms with Gasteiger partial charge in [-0.05, 0) is 52.9 Å². The number of hydrogen-bond acceptors (Lipinski definition) is 5. The van der Waals surface area contributed by atoms with E-state index in [-0.39, 0.29) is 23.8 Å². The minimum absolute atomic E-state index is 0.0335. The van der Waals surface area contributed by atoms with Crippen molar-refractivity contribution >= 4 is 17.9 Å². The maximum Gasteiger partial charge on any atom is 0.407 e. The molecule has 8 nitrogen and oxygen atoms in total. The Labute approximate surface area is 167 Å². The number of likely N-dealkylation sites (tertiary alicyclic amines) is 1. The summed E-state index contributed by atoms with van der Waals surface area (Å²) in [7, 11) is 0. The zero-order valence-electron chi connectivity index (χ0n) is 17.6. The van der Waals surface area contributed by atoms with Crippen LogP contribution in [0, 0.1) is 5.92 Å². The van der Waals surface area contributed by atoms with Gasteiger partial charge in [0.15, 0.2) is 0 Å². The number of hydrogen-bond donors (Lipinski definition) is 2. The van der Waals surface area contributed by atoms with Crippen LogP contribution in [0.3, 0.4) is 0 Å². The minimum atomic E-state index is -0.548. The molecule has 0 aromatic heterocycles. The molecular weight excluding hydrogens is 362 g/mol. The van der Waals surface area contributed by atoms with Gasteiger partial charge in [-0.2, -0.15) is 0 Å². The van der Waals surface area contributed by atoms with Gasteiger partial charge in [0.25, 0.3) is 5.91 Å². The summed E-state index contributed by atoms with van der Waals surface area (Å²) in [4.78, 5) is 38.5. The molecule has 2 aliphatic heterocycles. The molecule has 0 radical (unpaired) electrons. The van der Waals surface area contributed by atoms with Crippen LogP contribution in [0.1, 0.15) is 59.8 Å². The topological polar surface area (TPSA) is 97.0 Å². The first-order chi connectivity index (χ1) is 13.2. The number of nitrogens with one attached hydrogen (secondary N) is 2. The smallest absolute Gasteiger partial charge is 0.407 e. The Bertz CT molecular complexity index is 561. The molecule has 2 aliphatic rings. The van der Waals surface area contributed by atoms with E-state index in [0.29, 0.717) is 39.0 Å². The predicted molar refractivity (Wildman–Crippen MR) is 105 cm³/mol. The van der Waals surface area contributed by atoms with E-state index in [0.717, 1.165) is 19.3 Å². The van der Waals surface area contributed by atoms with E-state index in [2.05, 4.69) is 10.6 Å². The van der Waals surface area contributed by atoms with Crippen molar-refractivity contribution in [2.24, 2.45) is 5.92 Å². The van der Waals surface area contributed by atoms with E-state index in [9.17, 15) is 14.4 Å². The predicted octanol–water partition coefficient (Wildman–Crippen LogP) is 1.82. The van der Waals surface area contributed by atoms with E-state index in [1.165, 1.54) is 0 Å². The van der Waals surface area contributed by atoms with E-state index in [1.807, 2.05) is 27.7 Å². The van der Waals surface area contributed by atoms with Crippen molar-refractivity contribution < 1.29 is 23.9 Å². The zero-order chi connectivity index (χ0) is 20.7. The monoisotopic (exact) mass is 397 g/mol. The molecule has 8 heteroatoms. The average molecular weight is 398 g/mol. The number of carbonyl (C=O) groups is 3. The maximum absolute atomic E-state index is 12.8. The lowest BCUT2D eigenvalue weighted by molar-refractivity contribution is -0.145. The van der Waals surface area contributed by atoms with E-state index >= 15 is 0 Å². The normalized spacial score (nSPS) is 25.3. The van der Waals surface area contributed by atoms with Crippen LogP contribution in [0.25, 0.3) is 0 Å². The van der Waals surface area contributed by atoms with Gasteiger partial charge in [0.1, 0.15) is 11.7 Å². The summed E-state index contributed by atoms with van der Waals surface area (Å²) < 4.78 is 11.1. The van der Waals surface area contributed by atoms with Crippen LogP contribution < -0.4 is 10.6 Å². The van der Waals surface area contributed by atoms with Gasteiger partial charge in [0.2, 0.25) is 5.91 Å². The summed E-state index contributed by atoms with van der Waals surface area (Å²) >= 11 is 0. The van der Waals surface area contributed by atoms with Crippen molar-refractivity contribution in [2.45, 2.75) is 77.6 Å². The number of ether oxygens (including phenoxy) is 2. The van der Waals surface area contributed by atoms with Crippen LogP contribution in [-0.2, 0) is 19.1 Å². The average Bonchev–Trinajstić information content (AvgIpc) is 3.11. The quantitative estimate of drug-likeness (QED) is 0.713. The highest BCUT2D eigenvalue weighted by molar-refractivity contribution is 5.83. The number of alkyl carbamates (subject to hydrolysis) is 1. The lowest BCUT2D eigenvalue weighted by Gasteiger charge is -2.33. The molecule has 0 aromatic rings. The summed E-state index contributed by atoms with van der Waals surface area (Å²) in [5.74, 6) is -0.158. The molecule has 2 heterocycles. The molecule has 0 aromatic carbocycles. The van der Waals surface area contributed by atoms with Crippen molar-refractivity contribution in [3.05, 3.63) is 0 Å². The molecular formula is C20H35N3O5.